The Kier molecular flexibility index (Phi) is 6.05. The summed E-state index contributed by atoms with van der Waals surface area (Å²) in [6.45, 7) is 6.92. The molecule has 20 heavy (non-hydrogen) atoms. The van der Waals surface area contributed by atoms with E-state index in [1.165, 1.54) is 19.3 Å². The van der Waals surface area contributed by atoms with Crippen LogP contribution in [0.15, 0.2) is 9.85 Å². The first-order chi connectivity index (χ1) is 9.61. The van der Waals surface area contributed by atoms with Crippen molar-refractivity contribution in [1.82, 2.24) is 10.2 Å². The second-order valence-electron chi connectivity index (χ2n) is 5.47. The quantitative estimate of drug-likeness (QED) is 0.867. The highest BCUT2D eigenvalue weighted by molar-refractivity contribution is 9.11. The summed E-state index contributed by atoms with van der Waals surface area (Å²) in [5.41, 5.74) is 1.14. The largest absolute Gasteiger partial charge is 0.336 e. The van der Waals surface area contributed by atoms with Gasteiger partial charge in [0.25, 0.3) is 5.91 Å². The van der Waals surface area contributed by atoms with Gasteiger partial charge in [0.1, 0.15) is 0 Å². The predicted octanol–water partition coefficient (Wildman–Crippen LogP) is 3.81. The van der Waals surface area contributed by atoms with Crippen molar-refractivity contribution in [3.05, 3.63) is 20.3 Å². The Morgan fingerprint density at radius 2 is 2.35 bits per heavy atom. The molecule has 1 aromatic rings. The van der Waals surface area contributed by atoms with E-state index in [1.54, 1.807) is 11.3 Å². The van der Waals surface area contributed by atoms with Gasteiger partial charge in [-0.25, -0.2) is 0 Å². The Labute approximate surface area is 133 Å². The van der Waals surface area contributed by atoms with Gasteiger partial charge in [-0.15, -0.1) is 11.3 Å². The summed E-state index contributed by atoms with van der Waals surface area (Å²) in [6.07, 6.45) is 4.72. The van der Waals surface area contributed by atoms with E-state index in [0.29, 0.717) is 6.04 Å². The molecule has 1 unspecified atom stereocenters. The molecule has 2 rings (SSSR count). The number of carbonyl (C=O) groups excluding carboxylic acids is 1. The molecule has 1 fully saturated rings. The van der Waals surface area contributed by atoms with Crippen molar-refractivity contribution in [2.24, 2.45) is 0 Å². The summed E-state index contributed by atoms with van der Waals surface area (Å²) in [5, 5.41) is 3.53. The van der Waals surface area contributed by atoms with Gasteiger partial charge in [0.15, 0.2) is 0 Å². The Hall–Kier alpha value is -0.390. The van der Waals surface area contributed by atoms with Crippen molar-refractivity contribution in [2.45, 2.75) is 45.6 Å². The van der Waals surface area contributed by atoms with E-state index < -0.39 is 0 Å². The lowest BCUT2D eigenvalue weighted by atomic mass is 10.0. The van der Waals surface area contributed by atoms with Crippen LogP contribution in [0, 0.1) is 6.92 Å². The van der Waals surface area contributed by atoms with E-state index in [0.717, 1.165) is 40.3 Å². The Bertz CT molecular complexity index is 435. The molecule has 1 aliphatic rings. The molecule has 0 saturated carbocycles. The Balaban J connectivity index is 2.04. The number of piperidine rings is 1. The van der Waals surface area contributed by atoms with Crippen molar-refractivity contribution in [1.29, 1.82) is 0 Å². The number of hydrogen-bond acceptors (Lipinski definition) is 3. The van der Waals surface area contributed by atoms with Gasteiger partial charge in [0.2, 0.25) is 0 Å². The molecule has 1 aliphatic heterocycles. The lowest BCUT2D eigenvalue weighted by Crippen LogP contribution is -2.45. The molecule has 112 valence electrons. The monoisotopic (exact) mass is 358 g/mol. The molecule has 0 aliphatic carbocycles. The van der Waals surface area contributed by atoms with Crippen molar-refractivity contribution in [3.8, 4) is 0 Å². The summed E-state index contributed by atoms with van der Waals surface area (Å²) >= 11 is 5.05. The van der Waals surface area contributed by atoms with Crippen molar-refractivity contribution < 1.29 is 4.79 Å². The molecule has 2 heterocycles. The van der Waals surface area contributed by atoms with Crippen LogP contribution in [0.25, 0.3) is 0 Å². The predicted molar refractivity (Wildman–Crippen MR) is 88.6 cm³/mol. The van der Waals surface area contributed by atoms with Crippen LogP contribution in [0.1, 0.15) is 47.8 Å². The lowest BCUT2D eigenvalue weighted by Gasteiger charge is -2.30. The molecule has 0 spiro atoms. The fourth-order valence-corrected chi connectivity index (χ4v) is 4.12. The third kappa shape index (κ3) is 4.06. The van der Waals surface area contributed by atoms with Crippen LogP contribution in [-0.4, -0.2) is 36.5 Å². The molecule has 5 heteroatoms. The summed E-state index contributed by atoms with van der Waals surface area (Å²) in [4.78, 5) is 15.5. The van der Waals surface area contributed by atoms with E-state index in [1.807, 2.05) is 17.9 Å². The van der Waals surface area contributed by atoms with Crippen molar-refractivity contribution >= 4 is 33.2 Å². The standard InChI is InChI=1S/C15H23BrN2OS/c1-3-8-18(10-12-6-4-5-7-17-12)15(19)13-9-11(2)14(16)20-13/h9,12,17H,3-8,10H2,1-2H3. The van der Waals surface area contributed by atoms with E-state index in [-0.39, 0.29) is 5.91 Å². The molecule has 1 atom stereocenters. The number of thiophene rings is 1. The minimum atomic E-state index is 0.179. The zero-order chi connectivity index (χ0) is 14.5. The maximum Gasteiger partial charge on any atom is 0.264 e. The highest BCUT2D eigenvalue weighted by Crippen LogP contribution is 2.28. The van der Waals surface area contributed by atoms with Crippen LogP contribution < -0.4 is 5.32 Å². The smallest absolute Gasteiger partial charge is 0.264 e. The number of nitrogens with zero attached hydrogens (tertiary/aromatic N) is 1. The average Bonchev–Trinajstić information content (AvgIpc) is 2.78. The highest BCUT2D eigenvalue weighted by Gasteiger charge is 2.22. The fraction of sp³-hybridized carbons (Fsp3) is 0.667. The van der Waals surface area contributed by atoms with Crippen LogP contribution in [0.3, 0.4) is 0 Å². The van der Waals surface area contributed by atoms with E-state index in [9.17, 15) is 4.79 Å². The topological polar surface area (TPSA) is 32.3 Å². The summed E-state index contributed by atoms with van der Waals surface area (Å²) < 4.78 is 1.06. The van der Waals surface area contributed by atoms with Crippen LogP contribution >= 0.6 is 27.3 Å². The van der Waals surface area contributed by atoms with Crippen LogP contribution in [0.5, 0.6) is 0 Å². The summed E-state index contributed by atoms with van der Waals surface area (Å²) in [5.74, 6) is 0.179. The van der Waals surface area contributed by atoms with E-state index >= 15 is 0 Å². The third-order valence-electron chi connectivity index (χ3n) is 3.70. The minimum Gasteiger partial charge on any atom is -0.336 e. The van der Waals surface area contributed by atoms with E-state index in [2.05, 4.69) is 28.2 Å². The molecular weight excluding hydrogens is 336 g/mol. The number of hydrogen-bond donors (Lipinski definition) is 1. The second-order valence-corrected chi connectivity index (χ2v) is 7.84. The molecule has 1 amide bonds. The number of rotatable bonds is 5. The van der Waals surface area contributed by atoms with Crippen molar-refractivity contribution in [2.75, 3.05) is 19.6 Å². The van der Waals surface area contributed by atoms with Crippen LogP contribution in [0.2, 0.25) is 0 Å². The number of amides is 1. The van der Waals surface area contributed by atoms with Gasteiger partial charge in [0.05, 0.1) is 8.66 Å². The molecule has 0 aromatic carbocycles. The molecular formula is C15H23BrN2OS. The number of halogens is 1. The van der Waals surface area contributed by atoms with Gasteiger partial charge >= 0.3 is 0 Å². The van der Waals surface area contributed by atoms with Gasteiger partial charge in [0, 0.05) is 19.1 Å². The van der Waals surface area contributed by atoms with Gasteiger partial charge < -0.3 is 10.2 Å². The average molecular weight is 359 g/mol. The molecule has 0 bridgehead atoms. The number of carbonyl (C=O) groups is 1. The van der Waals surface area contributed by atoms with Crippen LogP contribution in [-0.2, 0) is 0 Å². The third-order valence-corrected chi connectivity index (χ3v) is 5.83. The van der Waals surface area contributed by atoms with Gasteiger partial charge in [-0.1, -0.05) is 13.3 Å². The summed E-state index contributed by atoms with van der Waals surface area (Å²) in [6, 6.07) is 2.46. The fourth-order valence-electron chi connectivity index (χ4n) is 2.61. The second kappa shape index (κ2) is 7.57. The highest BCUT2D eigenvalue weighted by atomic mass is 79.9. The number of aryl methyl sites for hydroxylation is 1. The lowest BCUT2D eigenvalue weighted by molar-refractivity contribution is 0.0736. The summed E-state index contributed by atoms with van der Waals surface area (Å²) in [7, 11) is 0. The van der Waals surface area contributed by atoms with Crippen molar-refractivity contribution in [3.63, 3.8) is 0 Å². The molecule has 0 radical (unpaired) electrons. The maximum atomic E-state index is 12.7. The Morgan fingerprint density at radius 1 is 1.55 bits per heavy atom. The van der Waals surface area contributed by atoms with Crippen LogP contribution in [0.4, 0.5) is 0 Å². The zero-order valence-corrected chi connectivity index (χ0v) is 14.6. The minimum absolute atomic E-state index is 0.179. The molecule has 1 aromatic heterocycles. The first-order valence-electron chi connectivity index (χ1n) is 7.40. The maximum absolute atomic E-state index is 12.7. The van der Waals surface area contributed by atoms with Gasteiger partial charge in [-0.3, -0.25) is 4.79 Å². The zero-order valence-electron chi connectivity index (χ0n) is 12.2. The molecule has 3 nitrogen and oxygen atoms in total. The normalized spacial score (nSPS) is 19.1. The molecule has 1 N–H and O–H groups in total. The van der Waals surface area contributed by atoms with E-state index in [4.69, 9.17) is 0 Å². The van der Waals surface area contributed by atoms with Gasteiger partial charge in [-0.05, 0) is 60.3 Å². The Morgan fingerprint density at radius 3 is 2.90 bits per heavy atom. The molecule has 1 saturated heterocycles. The van der Waals surface area contributed by atoms with Gasteiger partial charge in [-0.2, -0.15) is 0 Å². The first kappa shape index (κ1) is 16.0. The first-order valence-corrected chi connectivity index (χ1v) is 9.01. The SMILES string of the molecule is CCCN(CC1CCCCN1)C(=O)c1cc(C)c(Br)s1. The number of nitrogens with one attached hydrogen (secondary N) is 1.